The molecule has 0 spiro atoms. The quantitative estimate of drug-likeness (QED) is 0.835. The highest BCUT2D eigenvalue weighted by molar-refractivity contribution is 5.75. The maximum absolute atomic E-state index is 12.3. The van der Waals surface area contributed by atoms with Gasteiger partial charge in [-0.15, -0.1) is 0 Å². The summed E-state index contributed by atoms with van der Waals surface area (Å²) in [5, 5.41) is 6.60. The monoisotopic (exact) mass is 307 g/mol. The number of fused-ring (bicyclic) bond motifs is 1. The van der Waals surface area contributed by atoms with Crippen molar-refractivity contribution in [2.45, 2.75) is 63.2 Å². The fourth-order valence-electron chi connectivity index (χ4n) is 4.53. The van der Waals surface area contributed by atoms with Crippen LogP contribution in [0.15, 0.2) is 0 Å². The Morgan fingerprint density at radius 2 is 1.59 bits per heavy atom. The van der Waals surface area contributed by atoms with Crippen molar-refractivity contribution in [2.75, 3.05) is 26.2 Å². The Morgan fingerprint density at radius 3 is 2.27 bits per heavy atom. The number of nitrogens with one attached hydrogen (secondary N) is 2. The molecule has 3 atom stereocenters. The normalized spacial score (nSPS) is 36.2. The van der Waals surface area contributed by atoms with Gasteiger partial charge in [-0.1, -0.05) is 19.3 Å². The van der Waals surface area contributed by atoms with Gasteiger partial charge in [-0.05, 0) is 37.5 Å². The smallest absolute Gasteiger partial charge is 0.317 e. The van der Waals surface area contributed by atoms with E-state index in [1.54, 1.807) is 0 Å². The number of piperidine rings is 2. The molecule has 2 saturated heterocycles. The Kier molecular flexibility index (Phi) is 4.27. The van der Waals surface area contributed by atoms with Gasteiger partial charge in [0.25, 0.3) is 0 Å². The largest absolute Gasteiger partial charge is 0.375 e. The summed E-state index contributed by atoms with van der Waals surface area (Å²) in [4.78, 5) is 14.3. The third-order valence-corrected chi connectivity index (χ3v) is 6.05. The van der Waals surface area contributed by atoms with E-state index in [1.807, 2.05) is 4.90 Å². The van der Waals surface area contributed by atoms with Crippen LogP contribution >= 0.6 is 0 Å². The topological polar surface area (TPSA) is 53.6 Å². The van der Waals surface area contributed by atoms with Crippen LogP contribution in [0.3, 0.4) is 0 Å². The lowest BCUT2D eigenvalue weighted by Gasteiger charge is -2.35. The molecule has 4 rings (SSSR count). The molecule has 0 radical (unpaired) electrons. The predicted molar refractivity (Wildman–Crippen MR) is 84.7 cm³/mol. The first kappa shape index (κ1) is 14.8. The van der Waals surface area contributed by atoms with E-state index in [-0.39, 0.29) is 6.03 Å². The van der Waals surface area contributed by atoms with Gasteiger partial charge < -0.3 is 20.3 Å². The van der Waals surface area contributed by atoms with Crippen LogP contribution in [0.2, 0.25) is 0 Å². The third kappa shape index (κ3) is 3.11. The van der Waals surface area contributed by atoms with E-state index in [2.05, 4.69) is 10.6 Å². The van der Waals surface area contributed by atoms with Gasteiger partial charge in [0.1, 0.15) is 0 Å². The van der Waals surface area contributed by atoms with E-state index in [4.69, 9.17) is 4.74 Å². The molecule has 2 aliphatic carbocycles. The summed E-state index contributed by atoms with van der Waals surface area (Å²) in [7, 11) is 0. The highest BCUT2D eigenvalue weighted by Gasteiger charge is 2.53. The molecule has 2 amide bonds. The van der Waals surface area contributed by atoms with Crippen LogP contribution in [-0.4, -0.2) is 55.4 Å². The number of urea groups is 1. The first-order chi connectivity index (χ1) is 10.8. The molecule has 5 heteroatoms. The number of carbonyl (C=O) groups is 1. The summed E-state index contributed by atoms with van der Waals surface area (Å²) in [5.41, 5.74) is 0. The molecular weight excluding hydrogens is 278 g/mol. The summed E-state index contributed by atoms with van der Waals surface area (Å²) in [6, 6.07) is 0.584. The van der Waals surface area contributed by atoms with Gasteiger partial charge in [0.05, 0.1) is 12.2 Å². The van der Waals surface area contributed by atoms with Crippen molar-refractivity contribution < 1.29 is 9.53 Å². The van der Waals surface area contributed by atoms with Gasteiger partial charge in [-0.25, -0.2) is 4.79 Å². The minimum Gasteiger partial charge on any atom is -0.375 e. The van der Waals surface area contributed by atoms with Crippen molar-refractivity contribution in [3.63, 3.8) is 0 Å². The predicted octanol–water partition coefficient (Wildman–Crippen LogP) is 1.73. The van der Waals surface area contributed by atoms with E-state index >= 15 is 0 Å². The number of carbonyl (C=O) groups excluding carboxylic acids is 1. The zero-order valence-electron chi connectivity index (χ0n) is 13.4. The number of rotatable bonds is 3. The Labute approximate surface area is 133 Å². The lowest BCUT2D eigenvalue weighted by molar-refractivity contribution is -0.0514. The summed E-state index contributed by atoms with van der Waals surface area (Å²) in [5.74, 6) is 1.38. The molecule has 22 heavy (non-hydrogen) atoms. The molecule has 0 aromatic carbocycles. The standard InChI is InChI=1S/C17H29N3O2/c21-17(19-16-14-10-18-11-15(14)16)20-8-6-13(7-9-20)22-12-4-2-1-3-5-12/h12-16,18H,1-11H2,(H,19,21)/t14-,15+,16?. The molecule has 2 N–H and O–H groups in total. The lowest BCUT2D eigenvalue weighted by atomic mass is 9.97. The first-order valence-electron chi connectivity index (χ1n) is 9.23. The second-order valence-corrected chi connectivity index (χ2v) is 7.54. The van der Waals surface area contributed by atoms with E-state index in [0.29, 0.717) is 30.1 Å². The van der Waals surface area contributed by atoms with E-state index < -0.39 is 0 Å². The van der Waals surface area contributed by atoms with Crippen molar-refractivity contribution in [3.8, 4) is 0 Å². The molecule has 2 aliphatic heterocycles. The summed E-state index contributed by atoms with van der Waals surface area (Å²) >= 11 is 0. The fraction of sp³-hybridized carbons (Fsp3) is 0.941. The number of nitrogens with zero attached hydrogens (tertiary/aromatic N) is 1. The zero-order chi connectivity index (χ0) is 14.9. The number of hydrogen-bond acceptors (Lipinski definition) is 3. The molecule has 2 heterocycles. The maximum Gasteiger partial charge on any atom is 0.317 e. The van der Waals surface area contributed by atoms with Crippen LogP contribution in [-0.2, 0) is 4.74 Å². The molecule has 4 aliphatic rings. The minimum atomic E-state index is 0.149. The van der Waals surface area contributed by atoms with Crippen LogP contribution in [0.1, 0.15) is 44.9 Å². The van der Waals surface area contributed by atoms with Crippen LogP contribution in [0.25, 0.3) is 0 Å². The van der Waals surface area contributed by atoms with Crippen LogP contribution in [0, 0.1) is 11.8 Å². The SMILES string of the molecule is O=C(NC1[C@H]2CNC[C@@H]12)N1CCC(OC2CCCCC2)CC1. The average molecular weight is 307 g/mol. The molecule has 0 bridgehead atoms. The van der Waals surface area contributed by atoms with Crippen molar-refractivity contribution >= 4 is 6.03 Å². The van der Waals surface area contributed by atoms with E-state index in [9.17, 15) is 4.79 Å². The first-order valence-corrected chi connectivity index (χ1v) is 9.23. The fourth-order valence-corrected chi connectivity index (χ4v) is 4.53. The molecule has 4 fully saturated rings. The molecular formula is C17H29N3O2. The molecule has 2 saturated carbocycles. The molecule has 124 valence electrons. The second-order valence-electron chi connectivity index (χ2n) is 7.54. The summed E-state index contributed by atoms with van der Waals surface area (Å²) in [6.45, 7) is 3.85. The van der Waals surface area contributed by atoms with Crippen molar-refractivity contribution in [3.05, 3.63) is 0 Å². The Morgan fingerprint density at radius 1 is 0.955 bits per heavy atom. The second kappa shape index (κ2) is 6.36. The Bertz CT molecular complexity index is 393. The van der Waals surface area contributed by atoms with Crippen molar-refractivity contribution in [1.29, 1.82) is 0 Å². The highest BCUT2D eigenvalue weighted by Crippen LogP contribution is 2.41. The van der Waals surface area contributed by atoms with E-state index in [0.717, 1.165) is 39.0 Å². The van der Waals surface area contributed by atoms with Gasteiger partial charge in [-0.3, -0.25) is 0 Å². The minimum absolute atomic E-state index is 0.149. The summed E-state index contributed by atoms with van der Waals surface area (Å²) in [6.07, 6.45) is 9.35. The van der Waals surface area contributed by atoms with Gasteiger partial charge in [-0.2, -0.15) is 0 Å². The zero-order valence-corrected chi connectivity index (χ0v) is 13.4. The van der Waals surface area contributed by atoms with Crippen molar-refractivity contribution in [1.82, 2.24) is 15.5 Å². The average Bonchev–Trinajstić information content (AvgIpc) is 2.97. The van der Waals surface area contributed by atoms with Gasteiger partial charge in [0.15, 0.2) is 0 Å². The Hall–Kier alpha value is -0.810. The third-order valence-electron chi connectivity index (χ3n) is 6.05. The van der Waals surface area contributed by atoms with Gasteiger partial charge in [0.2, 0.25) is 0 Å². The highest BCUT2D eigenvalue weighted by atomic mass is 16.5. The molecule has 0 aromatic heterocycles. The van der Waals surface area contributed by atoms with Gasteiger partial charge >= 0.3 is 6.03 Å². The Balaban J connectivity index is 1.18. The van der Waals surface area contributed by atoms with Gasteiger partial charge in [0, 0.05) is 32.2 Å². The number of amides is 2. The number of likely N-dealkylation sites (tertiary alicyclic amines) is 1. The number of ether oxygens (including phenoxy) is 1. The number of hydrogen-bond donors (Lipinski definition) is 2. The summed E-state index contributed by atoms with van der Waals surface area (Å²) < 4.78 is 6.25. The van der Waals surface area contributed by atoms with Crippen LogP contribution in [0.5, 0.6) is 0 Å². The van der Waals surface area contributed by atoms with Crippen molar-refractivity contribution in [2.24, 2.45) is 11.8 Å². The molecule has 0 aromatic rings. The van der Waals surface area contributed by atoms with Crippen LogP contribution < -0.4 is 10.6 Å². The molecule has 5 nitrogen and oxygen atoms in total. The molecule has 1 unspecified atom stereocenters. The van der Waals surface area contributed by atoms with Crippen LogP contribution in [0.4, 0.5) is 4.79 Å². The van der Waals surface area contributed by atoms with E-state index in [1.165, 1.54) is 32.1 Å². The lowest BCUT2D eigenvalue weighted by Crippen LogP contribution is -2.48. The maximum atomic E-state index is 12.3.